The van der Waals surface area contributed by atoms with Gasteiger partial charge in [0, 0.05) is 6.42 Å². The average molecular weight is 210 g/mol. The van der Waals surface area contributed by atoms with Crippen LogP contribution in [-0.2, 0) is 11.2 Å². The zero-order chi connectivity index (χ0) is 10.4. The summed E-state index contributed by atoms with van der Waals surface area (Å²) in [5.74, 6) is 0.598. The molecule has 3 heteroatoms. The van der Waals surface area contributed by atoms with E-state index < -0.39 is 0 Å². The second-order valence-corrected chi connectivity index (χ2v) is 3.09. The molecule has 1 aromatic rings. The maximum Gasteiger partial charge on any atom is 0.203 e. The minimum Gasteiger partial charge on any atom is -0.488 e. The van der Waals surface area contributed by atoms with E-state index in [-0.39, 0.29) is 6.42 Å². The molecule has 1 radical (unpaired) electrons. The standard InChI is InChI=1S/C11H10ClO2/c1-2-7-14-11-4-3-9(5-6-13)8-10(11)12/h2-4,8H,1,5,7H2. The van der Waals surface area contributed by atoms with Gasteiger partial charge in [-0.1, -0.05) is 30.3 Å². The smallest absolute Gasteiger partial charge is 0.203 e. The molecule has 0 fully saturated rings. The van der Waals surface area contributed by atoms with Gasteiger partial charge in [-0.25, -0.2) is 0 Å². The van der Waals surface area contributed by atoms with Crippen molar-refractivity contribution in [1.82, 2.24) is 0 Å². The number of hydrogen-bond donors (Lipinski definition) is 0. The van der Waals surface area contributed by atoms with Crippen LogP contribution in [0.2, 0.25) is 5.02 Å². The maximum atomic E-state index is 10.1. The molecular weight excluding hydrogens is 200 g/mol. The van der Waals surface area contributed by atoms with E-state index in [1.807, 2.05) is 6.29 Å². The number of hydrogen-bond acceptors (Lipinski definition) is 2. The number of rotatable bonds is 5. The fourth-order valence-electron chi connectivity index (χ4n) is 1.00. The Kier molecular flexibility index (Phi) is 4.20. The minimum atomic E-state index is 0.251. The van der Waals surface area contributed by atoms with E-state index in [2.05, 4.69) is 6.58 Å². The Labute approximate surface area is 88.1 Å². The number of carbonyl (C=O) groups excluding carboxylic acids is 1. The van der Waals surface area contributed by atoms with E-state index in [0.29, 0.717) is 17.4 Å². The summed E-state index contributed by atoms with van der Waals surface area (Å²) in [5, 5.41) is 0.500. The van der Waals surface area contributed by atoms with Gasteiger partial charge in [0.05, 0.1) is 5.02 Å². The third-order valence-electron chi connectivity index (χ3n) is 1.63. The number of ether oxygens (including phenoxy) is 1. The Morgan fingerprint density at radius 2 is 2.36 bits per heavy atom. The molecule has 0 aliphatic carbocycles. The van der Waals surface area contributed by atoms with Gasteiger partial charge in [-0.2, -0.15) is 0 Å². The van der Waals surface area contributed by atoms with Gasteiger partial charge >= 0.3 is 0 Å². The zero-order valence-corrected chi connectivity index (χ0v) is 8.38. The van der Waals surface area contributed by atoms with E-state index in [1.54, 1.807) is 24.3 Å². The van der Waals surface area contributed by atoms with Crippen molar-refractivity contribution < 1.29 is 9.53 Å². The third-order valence-corrected chi connectivity index (χ3v) is 1.92. The molecule has 0 saturated heterocycles. The molecule has 0 saturated carbocycles. The predicted molar refractivity (Wildman–Crippen MR) is 56.5 cm³/mol. The van der Waals surface area contributed by atoms with Crippen LogP contribution < -0.4 is 4.74 Å². The highest BCUT2D eigenvalue weighted by molar-refractivity contribution is 6.32. The Hall–Kier alpha value is -1.28. The van der Waals surface area contributed by atoms with Crippen molar-refractivity contribution in [2.75, 3.05) is 6.61 Å². The van der Waals surface area contributed by atoms with E-state index in [1.165, 1.54) is 0 Å². The molecule has 1 rings (SSSR count). The van der Waals surface area contributed by atoms with Gasteiger partial charge in [0.25, 0.3) is 0 Å². The highest BCUT2D eigenvalue weighted by Crippen LogP contribution is 2.25. The monoisotopic (exact) mass is 209 g/mol. The summed E-state index contributed by atoms with van der Waals surface area (Å²) in [7, 11) is 0. The highest BCUT2D eigenvalue weighted by Gasteiger charge is 2.02. The van der Waals surface area contributed by atoms with Crippen molar-refractivity contribution in [3.63, 3.8) is 0 Å². The Morgan fingerprint density at radius 1 is 1.57 bits per heavy atom. The lowest BCUT2D eigenvalue weighted by atomic mass is 10.2. The fraction of sp³-hybridized carbons (Fsp3) is 0.182. The molecule has 14 heavy (non-hydrogen) atoms. The molecule has 0 unspecified atom stereocenters. The molecule has 0 spiro atoms. The summed E-state index contributed by atoms with van der Waals surface area (Å²) in [6.07, 6.45) is 3.70. The molecule has 0 N–H and O–H groups in total. The molecule has 0 aliphatic heterocycles. The van der Waals surface area contributed by atoms with Crippen LogP contribution in [0.25, 0.3) is 0 Å². The highest BCUT2D eigenvalue weighted by atomic mass is 35.5. The van der Waals surface area contributed by atoms with Gasteiger partial charge in [-0.15, -0.1) is 0 Å². The quantitative estimate of drug-likeness (QED) is 0.697. The van der Waals surface area contributed by atoms with Crippen molar-refractivity contribution in [1.29, 1.82) is 0 Å². The first-order valence-corrected chi connectivity index (χ1v) is 4.53. The average Bonchev–Trinajstić information content (AvgIpc) is 2.17. The summed E-state index contributed by atoms with van der Waals surface area (Å²) < 4.78 is 5.27. The summed E-state index contributed by atoms with van der Waals surface area (Å²) in [4.78, 5) is 10.1. The van der Waals surface area contributed by atoms with Gasteiger partial charge in [0.2, 0.25) is 6.29 Å². The van der Waals surface area contributed by atoms with Gasteiger partial charge in [0.15, 0.2) is 0 Å². The van der Waals surface area contributed by atoms with E-state index in [9.17, 15) is 4.79 Å². The van der Waals surface area contributed by atoms with Crippen molar-refractivity contribution in [2.45, 2.75) is 6.42 Å². The molecule has 0 heterocycles. The summed E-state index contributed by atoms with van der Waals surface area (Å²) >= 11 is 5.91. The molecule has 0 amide bonds. The van der Waals surface area contributed by atoms with Crippen LogP contribution in [0.5, 0.6) is 5.75 Å². The molecule has 1 aromatic carbocycles. The molecule has 2 nitrogen and oxygen atoms in total. The third kappa shape index (κ3) is 2.89. The first-order valence-electron chi connectivity index (χ1n) is 4.15. The maximum absolute atomic E-state index is 10.1. The Bertz CT molecular complexity index is 334. The number of benzene rings is 1. The fourth-order valence-corrected chi connectivity index (χ4v) is 1.26. The van der Waals surface area contributed by atoms with Crippen LogP contribution in [0.15, 0.2) is 30.9 Å². The van der Waals surface area contributed by atoms with Crippen LogP contribution in [0.4, 0.5) is 0 Å². The lowest BCUT2D eigenvalue weighted by Gasteiger charge is -2.06. The topological polar surface area (TPSA) is 26.3 Å². The van der Waals surface area contributed by atoms with Crippen molar-refractivity contribution >= 4 is 17.9 Å². The minimum absolute atomic E-state index is 0.251. The summed E-state index contributed by atoms with van der Waals surface area (Å²) in [6.45, 7) is 3.95. The van der Waals surface area contributed by atoms with Gasteiger partial charge < -0.3 is 4.74 Å². The predicted octanol–water partition coefficient (Wildman–Crippen LogP) is 2.56. The molecule has 0 bridgehead atoms. The van der Waals surface area contributed by atoms with Crippen molar-refractivity contribution in [3.8, 4) is 5.75 Å². The molecule has 73 valence electrons. The first-order chi connectivity index (χ1) is 6.77. The molecule has 0 aliphatic rings. The molecular formula is C11H10ClO2. The second-order valence-electron chi connectivity index (χ2n) is 2.69. The Balaban J connectivity index is 2.78. The SMILES string of the molecule is C=CCOc1ccc(C[C]=O)cc1Cl. The van der Waals surface area contributed by atoms with Gasteiger partial charge in [-0.05, 0) is 17.7 Å². The van der Waals surface area contributed by atoms with E-state index in [0.717, 1.165) is 5.56 Å². The van der Waals surface area contributed by atoms with Gasteiger partial charge in [0.1, 0.15) is 12.4 Å². The van der Waals surface area contributed by atoms with Crippen LogP contribution in [0.1, 0.15) is 5.56 Å². The summed E-state index contributed by atoms with van der Waals surface area (Å²) in [6, 6.07) is 5.22. The summed E-state index contributed by atoms with van der Waals surface area (Å²) in [5.41, 5.74) is 0.830. The zero-order valence-electron chi connectivity index (χ0n) is 7.63. The molecule has 0 aromatic heterocycles. The van der Waals surface area contributed by atoms with Crippen LogP contribution in [0.3, 0.4) is 0 Å². The van der Waals surface area contributed by atoms with E-state index >= 15 is 0 Å². The lowest BCUT2D eigenvalue weighted by Crippen LogP contribution is -1.94. The lowest BCUT2D eigenvalue weighted by molar-refractivity contribution is 0.363. The van der Waals surface area contributed by atoms with Crippen LogP contribution in [-0.4, -0.2) is 12.9 Å². The first kappa shape index (κ1) is 10.8. The van der Waals surface area contributed by atoms with Crippen LogP contribution in [0, 0.1) is 0 Å². The van der Waals surface area contributed by atoms with Gasteiger partial charge in [-0.3, -0.25) is 4.79 Å². The normalized spacial score (nSPS) is 9.50. The second kappa shape index (κ2) is 5.45. The number of halogens is 1. The van der Waals surface area contributed by atoms with E-state index in [4.69, 9.17) is 16.3 Å². The Morgan fingerprint density at radius 3 is 2.93 bits per heavy atom. The van der Waals surface area contributed by atoms with Crippen molar-refractivity contribution in [2.24, 2.45) is 0 Å². The largest absolute Gasteiger partial charge is 0.488 e. The van der Waals surface area contributed by atoms with Crippen molar-refractivity contribution in [3.05, 3.63) is 41.4 Å². The molecule has 0 atom stereocenters. The van der Waals surface area contributed by atoms with Crippen LogP contribution >= 0.6 is 11.6 Å².